The van der Waals surface area contributed by atoms with Crippen LogP contribution in [0.5, 0.6) is 0 Å². The summed E-state index contributed by atoms with van der Waals surface area (Å²) in [6, 6.07) is 13.0. The molecule has 3 aromatic heterocycles. The molecule has 0 saturated carbocycles. The molecule has 10 heteroatoms. The number of nitrogens with zero attached hydrogens (tertiary/aromatic N) is 4. The van der Waals surface area contributed by atoms with Gasteiger partial charge in [-0.15, -0.1) is 0 Å². The third kappa shape index (κ3) is 4.40. The first-order valence-corrected chi connectivity index (χ1v) is 13.1. The highest BCUT2D eigenvalue weighted by Gasteiger charge is 2.24. The van der Waals surface area contributed by atoms with Crippen LogP contribution in [0.2, 0.25) is 0 Å². The van der Waals surface area contributed by atoms with Gasteiger partial charge >= 0.3 is 0 Å². The van der Waals surface area contributed by atoms with Gasteiger partial charge in [0.05, 0.1) is 23.5 Å². The van der Waals surface area contributed by atoms with E-state index in [9.17, 15) is 13.2 Å². The summed E-state index contributed by atoms with van der Waals surface area (Å²) in [7, 11) is -4.03. The van der Waals surface area contributed by atoms with Crippen LogP contribution in [0.15, 0.2) is 69.3 Å². The summed E-state index contributed by atoms with van der Waals surface area (Å²) in [5.41, 5.74) is 1.15. The van der Waals surface area contributed by atoms with E-state index in [0.29, 0.717) is 37.5 Å². The van der Waals surface area contributed by atoms with Crippen molar-refractivity contribution in [3.63, 3.8) is 0 Å². The summed E-state index contributed by atoms with van der Waals surface area (Å²) in [5.74, 6) is 0. The van der Waals surface area contributed by atoms with Gasteiger partial charge in [0.2, 0.25) is 9.84 Å². The Kier molecular flexibility index (Phi) is 6.26. The summed E-state index contributed by atoms with van der Waals surface area (Å²) < 4.78 is 35.5. The van der Waals surface area contributed by atoms with Gasteiger partial charge in [-0.2, -0.15) is 0 Å². The predicted molar refractivity (Wildman–Crippen MR) is 131 cm³/mol. The van der Waals surface area contributed by atoms with Crippen LogP contribution < -0.4 is 11.0 Å². The number of morpholine rings is 1. The maximum Gasteiger partial charge on any atom is 0.267 e. The Hall–Kier alpha value is -3.34. The largest absolute Gasteiger partial charge is 0.379 e. The minimum absolute atomic E-state index is 0.0877. The quantitative estimate of drug-likeness (QED) is 0.412. The standard InChI is InChI=1S/C25H27N5O4S/c1-18-6-8-19(9-7-18)35(32,33)21-17-20-24(27-22-5-2-3-11-29(22)25(20)31)30(23(21)26)12-4-10-28-13-15-34-16-14-28/h2-3,5-9,11,17,26H,4,10,12-16H2,1H3. The molecule has 0 amide bonds. The fourth-order valence-electron chi connectivity index (χ4n) is 4.41. The van der Waals surface area contributed by atoms with Gasteiger partial charge in [0.1, 0.15) is 21.7 Å². The normalized spacial score (nSPS) is 15.1. The molecule has 0 aliphatic carbocycles. The number of benzene rings is 1. The Morgan fingerprint density at radius 2 is 1.80 bits per heavy atom. The highest BCUT2D eigenvalue weighted by Crippen LogP contribution is 2.21. The molecule has 0 unspecified atom stereocenters. The monoisotopic (exact) mass is 493 g/mol. The van der Waals surface area contributed by atoms with Crippen LogP contribution in [-0.4, -0.2) is 60.1 Å². The lowest BCUT2D eigenvalue weighted by atomic mass is 10.2. The fraction of sp³-hybridized carbons (Fsp3) is 0.320. The van der Waals surface area contributed by atoms with Crippen molar-refractivity contribution >= 4 is 26.5 Å². The topological polar surface area (TPSA) is 110 Å². The van der Waals surface area contributed by atoms with E-state index >= 15 is 0 Å². The number of pyridine rings is 2. The average Bonchev–Trinajstić information content (AvgIpc) is 2.86. The van der Waals surface area contributed by atoms with E-state index in [1.807, 2.05) is 6.92 Å². The number of nitrogens with one attached hydrogen (secondary N) is 1. The number of sulfone groups is 1. The van der Waals surface area contributed by atoms with Crippen molar-refractivity contribution < 1.29 is 13.2 Å². The van der Waals surface area contributed by atoms with Crippen molar-refractivity contribution in [1.29, 1.82) is 5.41 Å². The summed E-state index contributed by atoms with van der Waals surface area (Å²) >= 11 is 0. The lowest BCUT2D eigenvalue weighted by Gasteiger charge is -2.26. The molecule has 0 radical (unpaired) electrons. The molecule has 4 heterocycles. The molecule has 5 rings (SSSR count). The van der Waals surface area contributed by atoms with E-state index in [1.165, 1.54) is 22.6 Å². The molecular formula is C25H27N5O4S. The molecule has 9 nitrogen and oxygen atoms in total. The molecule has 1 N–H and O–H groups in total. The molecule has 1 fully saturated rings. The molecule has 0 atom stereocenters. The van der Waals surface area contributed by atoms with Crippen LogP contribution in [0.1, 0.15) is 12.0 Å². The maximum absolute atomic E-state index is 13.6. The first-order valence-electron chi connectivity index (χ1n) is 11.6. The highest BCUT2D eigenvalue weighted by atomic mass is 32.2. The Morgan fingerprint density at radius 3 is 2.54 bits per heavy atom. The molecule has 1 aliphatic rings. The number of ether oxygens (including phenoxy) is 1. The zero-order valence-electron chi connectivity index (χ0n) is 19.5. The van der Waals surface area contributed by atoms with Gasteiger partial charge < -0.3 is 9.30 Å². The van der Waals surface area contributed by atoms with Crippen molar-refractivity contribution in [3.05, 3.63) is 76.1 Å². The van der Waals surface area contributed by atoms with E-state index < -0.39 is 9.84 Å². The van der Waals surface area contributed by atoms with E-state index in [1.54, 1.807) is 41.1 Å². The molecule has 1 saturated heterocycles. The van der Waals surface area contributed by atoms with Crippen LogP contribution in [0.4, 0.5) is 0 Å². The van der Waals surface area contributed by atoms with Crippen molar-refractivity contribution in [2.24, 2.45) is 0 Å². The van der Waals surface area contributed by atoms with Crippen LogP contribution >= 0.6 is 0 Å². The van der Waals surface area contributed by atoms with Gasteiger partial charge in [-0.1, -0.05) is 23.8 Å². The van der Waals surface area contributed by atoms with Gasteiger partial charge in [0.15, 0.2) is 0 Å². The van der Waals surface area contributed by atoms with E-state index in [0.717, 1.165) is 25.2 Å². The highest BCUT2D eigenvalue weighted by molar-refractivity contribution is 7.91. The maximum atomic E-state index is 13.6. The second-order valence-corrected chi connectivity index (χ2v) is 10.6. The van der Waals surface area contributed by atoms with Gasteiger partial charge in [-0.25, -0.2) is 13.4 Å². The second-order valence-electron chi connectivity index (χ2n) is 8.72. The third-order valence-electron chi connectivity index (χ3n) is 6.36. The van der Waals surface area contributed by atoms with Crippen molar-refractivity contribution in [2.75, 3.05) is 32.8 Å². The van der Waals surface area contributed by atoms with Gasteiger partial charge in [0.25, 0.3) is 5.56 Å². The van der Waals surface area contributed by atoms with Crippen LogP contribution in [0.3, 0.4) is 0 Å². The van der Waals surface area contributed by atoms with Gasteiger partial charge in [0, 0.05) is 32.4 Å². The molecular weight excluding hydrogens is 466 g/mol. The number of hydrogen-bond acceptors (Lipinski definition) is 7. The molecule has 4 aromatic rings. The molecule has 0 bridgehead atoms. The number of aromatic nitrogens is 3. The number of hydrogen-bond donors (Lipinski definition) is 1. The smallest absolute Gasteiger partial charge is 0.267 e. The van der Waals surface area contributed by atoms with Crippen LogP contribution in [0.25, 0.3) is 16.7 Å². The van der Waals surface area contributed by atoms with Crippen molar-refractivity contribution in [2.45, 2.75) is 29.7 Å². The zero-order valence-corrected chi connectivity index (χ0v) is 20.3. The summed E-state index contributed by atoms with van der Waals surface area (Å²) in [6.07, 6.45) is 2.28. The number of fused-ring (bicyclic) bond motifs is 2. The molecule has 0 spiro atoms. The van der Waals surface area contributed by atoms with Gasteiger partial charge in [-0.3, -0.25) is 19.5 Å². The summed E-state index contributed by atoms with van der Waals surface area (Å²) in [5, 5.41) is 9.05. The lowest BCUT2D eigenvalue weighted by molar-refractivity contribution is 0.0369. The van der Waals surface area contributed by atoms with Gasteiger partial charge in [-0.05, 0) is 43.7 Å². The molecule has 182 valence electrons. The van der Waals surface area contributed by atoms with Crippen LogP contribution in [-0.2, 0) is 21.1 Å². The van der Waals surface area contributed by atoms with Crippen LogP contribution in [0, 0.1) is 12.3 Å². The SMILES string of the molecule is Cc1ccc(S(=O)(=O)c2cc3c(=O)n4ccccc4nc3n(CCCN3CCOCC3)c2=N)cc1. The minimum atomic E-state index is -4.03. The minimum Gasteiger partial charge on any atom is -0.379 e. The predicted octanol–water partition coefficient (Wildman–Crippen LogP) is 1.99. The fourth-order valence-corrected chi connectivity index (χ4v) is 5.79. The van der Waals surface area contributed by atoms with Crippen molar-refractivity contribution in [1.82, 2.24) is 18.9 Å². The Morgan fingerprint density at radius 1 is 1.06 bits per heavy atom. The Bertz CT molecular complexity index is 1620. The Labute approximate surface area is 202 Å². The third-order valence-corrected chi connectivity index (χ3v) is 8.15. The van der Waals surface area contributed by atoms with E-state index in [4.69, 9.17) is 10.1 Å². The first kappa shape index (κ1) is 23.4. The van der Waals surface area contributed by atoms with Crippen molar-refractivity contribution in [3.8, 4) is 0 Å². The molecule has 35 heavy (non-hydrogen) atoms. The average molecular weight is 494 g/mol. The van der Waals surface area contributed by atoms with E-state index in [-0.39, 0.29) is 26.2 Å². The summed E-state index contributed by atoms with van der Waals surface area (Å²) in [4.78, 5) is 20.2. The molecule has 1 aliphatic heterocycles. The lowest BCUT2D eigenvalue weighted by Crippen LogP contribution is -2.37. The Balaban J connectivity index is 1.67. The second kappa shape index (κ2) is 9.37. The van der Waals surface area contributed by atoms with E-state index in [2.05, 4.69) is 9.88 Å². The first-order chi connectivity index (χ1) is 16.9. The zero-order chi connectivity index (χ0) is 24.6. The number of aryl methyl sites for hydroxylation is 2. The number of rotatable bonds is 6. The molecule has 1 aromatic carbocycles. The summed E-state index contributed by atoms with van der Waals surface area (Å²) in [6.45, 7) is 6.07.